The zero-order valence-electron chi connectivity index (χ0n) is 13.5. The van der Waals surface area contributed by atoms with Gasteiger partial charge in [0.15, 0.2) is 0 Å². The van der Waals surface area contributed by atoms with Crippen molar-refractivity contribution in [1.29, 1.82) is 0 Å². The number of ether oxygens (including phenoxy) is 2. The van der Waals surface area contributed by atoms with Crippen LogP contribution < -0.4 is 5.32 Å². The van der Waals surface area contributed by atoms with Crippen LogP contribution in [0.3, 0.4) is 0 Å². The van der Waals surface area contributed by atoms with E-state index in [0.717, 1.165) is 46.0 Å². The van der Waals surface area contributed by atoms with Gasteiger partial charge in [-0.2, -0.15) is 0 Å². The Hall–Kier alpha value is -0.160. The van der Waals surface area contributed by atoms with Crippen molar-refractivity contribution in [3.05, 3.63) is 0 Å². The van der Waals surface area contributed by atoms with Crippen LogP contribution in [-0.2, 0) is 9.47 Å². The molecule has 4 nitrogen and oxygen atoms in total. The summed E-state index contributed by atoms with van der Waals surface area (Å²) in [5.41, 5.74) is 0.290. The van der Waals surface area contributed by atoms with Crippen molar-refractivity contribution in [2.45, 2.75) is 52.2 Å². The second-order valence-corrected chi connectivity index (χ2v) is 6.76. The molecule has 0 aromatic carbocycles. The van der Waals surface area contributed by atoms with Crippen LogP contribution in [0.5, 0.6) is 0 Å². The molecular formula is C16H32N2O2. The summed E-state index contributed by atoms with van der Waals surface area (Å²) in [5.74, 6) is 0. The highest BCUT2D eigenvalue weighted by Crippen LogP contribution is 2.30. The summed E-state index contributed by atoms with van der Waals surface area (Å²) < 4.78 is 11.6. The second kappa shape index (κ2) is 7.74. The predicted octanol–water partition coefficient (Wildman–Crippen LogP) is 1.89. The van der Waals surface area contributed by atoms with Gasteiger partial charge < -0.3 is 14.8 Å². The van der Waals surface area contributed by atoms with Gasteiger partial charge in [-0.25, -0.2) is 0 Å². The molecule has 0 bridgehead atoms. The fourth-order valence-electron chi connectivity index (χ4n) is 3.38. The van der Waals surface area contributed by atoms with E-state index in [2.05, 4.69) is 31.0 Å². The summed E-state index contributed by atoms with van der Waals surface area (Å²) in [5, 5.41) is 3.62. The summed E-state index contributed by atoms with van der Waals surface area (Å²) in [6, 6.07) is 0.524. The highest BCUT2D eigenvalue weighted by Gasteiger charge is 2.37. The Kier molecular flexibility index (Phi) is 6.27. The minimum atomic E-state index is 0.290. The molecule has 2 heterocycles. The Morgan fingerprint density at radius 2 is 2.20 bits per heavy atom. The molecule has 0 aromatic rings. The second-order valence-electron chi connectivity index (χ2n) is 6.76. The minimum absolute atomic E-state index is 0.290. The fraction of sp³-hybridized carbons (Fsp3) is 1.00. The molecule has 1 N–H and O–H groups in total. The van der Waals surface area contributed by atoms with Gasteiger partial charge in [-0.1, -0.05) is 6.92 Å². The van der Waals surface area contributed by atoms with Gasteiger partial charge >= 0.3 is 0 Å². The van der Waals surface area contributed by atoms with Crippen molar-refractivity contribution < 1.29 is 9.47 Å². The van der Waals surface area contributed by atoms with Gasteiger partial charge in [-0.15, -0.1) is 0 Å². The molecule has 2 aliphatic rings. The van der Waals surface area contributed by atoms with Gasteiger partial charge in [0.1, 0.15) is 0 Å². The van der Waals surface area contributed by atoms with Gasteiger partial charge in [0.05, 0.1) is 19.3 Å². The van der Waals surface area contributed by atoms with E-state index in [4.69, 9.17) is 9.47 Å². The average Bonchev–Trinajstić information content (AvgIpc) is 2.44. The number of nitrogens with one attached hydrogen (secondary N) is 1. The molecule has 3 atom stereocenters. The summed E-state index contributed by atoms with van der Waals surface area (Å²) in [7, 11) is 0. The van der Waals surface area contributed by atoms with Crippen LogP contribution in [0.25, 0.3) is 0 Å². The minimum Gasteiger partial charge on any atom is -0.381 e. The normalized spacial score (nSPS) is 36.1. The third-order valence-corrected chi connectivity index (χ3v) is 4.61. The van der Waals surface area contributed by atoms with Crippen molar-refractivity contribution >= 4 is 0 Å². The predicted molar refractivity (Wildman–Crippen MR) is 82.1 cm³/mol. The van der Waals surface area contributed by atoms with Crippen molar-refractivity contribution in [1.82, 2.24) is 10.2 Å². The third-order valence-electron chi connectivity index (χ3n) is 4.61. The quantitative estimate of drug-likeness (QED) is 0.755. The summed E-state index contributed by atoms with van der Waals surface area (Å²) in [4.78, 5) is 2.61. The molecule has 0 aromatic heterocycles. The van der Waals surface area contributed by atoms with Crippen molar-refractivity contribution in [3.63, 3.8) is 0 Å². The van der Waals surface area contributed by atoms with Crippen LogP contribution in [0, 0.1) is 5.41 Å². The summed E-state index contributed by atoms with van der Waals surface area (Å²) >= 11 is 0. The fourth-order valence-corrected chi connectivity index (χ4v) is 3.38. The lowest BCUT2D eigenvalue weighted by atomic mass is 9.81. The maximum absolute atomic E-state index is 5.82. The van der Waals surface area contributed by atoms with E-state index in [1.54, 1.807) is 0 Å². The average molecular weight is 284 g/mol. The zero-order chi connectivity index (χ0) is 14.4. The van der Waals surface area contributed by atoms with E-state index >= 15 is 0 Å². The molecule has 0 amide bonds. The third kappa shape index (κ3) is 4.42. The smallest absolute Gasteiger partial charge is 0.0674 e. The number of hydrogen-bond acceptors (Lipinski definition) is 4. The first kappa shape index (κ1) is 16.2. The van der Waals surface area contributed by atoms with E-state index in [9.17, 15) is 0 Å². The van der Waals surface area contributed by atoms with Crippen LogP contribution in [0.1, 0.15) is 40.0 Å². The first-order chi connectivity index (χ1) is 9.65. The van der Waals surface area contributed by atoms with E-state index < -0.39 is 0 Å². The maximum atomic E-state index is 5.82. The number of morpholine rings is 1. The van der Waals surface area contributed by atoms with Crippen LogP contribution in [0.15, 0.2) is 0 Å². The molecule has 2 fully saturated rings. The molecule has 0 spiro atoms. The van der Waals surface area contributed by atoms with Gasteiger partial charge in [0.25, 0.3) is 0 Å². The molecule has 0 aliphatic carbocycles. The number of hydrogen-bond donors (Lipinski definition) is 1. The molecule has 20 heavy (non-hydrogen) atoms. The topological polar surface area (TPSA) is 33.7 Å². The van der Waals surface area contributed by atoms with E-state index in [-0.39, 0.29) is 0 Å². The highest BCUT2D eigenvalue weighted by molar-refractivity contribution is 4.90. The number of rotatable bonds is 6. The summed E-state index contributed by atoms with van der Waals surface area (Å²) in [6.07, 6.45) is 4.03. The Morgan fingerprint density at radius 3 is 2.90 bits per heavy atom. The van der Waals surface area contributed by atoms with E-state index in [1.807, 2.05) is 0 Å². The molecule has 2 rings (SSSR count). The van der Waals surface area contributed by atoms with Crippen molar-refractivity contribution in [2.24, 2.45) is 5.41 Å². The van der Waals surface area contributed by atoms with Gasteiger partial charge in [-0.3, -0.25) is 4.90 Å². The van der Waals surface area contributed by atoms with Crippen molar-refractivity contribution in [2.75, 3.05) is 46.0 Å². The molecule has 0 radical (unpaired) electrons. The van der Waals surface area contributed by atoms with Crippen LogP contribution in [-0.4, -0.2) is 63.0 Å². The lowest BCUT2D eigenvalue weighted by Gasteiger charge is -2.45. The maximum Gasteiger partial charge on any atom is 0.0674 e. The number of nitrogens with zero attached hydrogens (tertiary/aromatic N) is 1. The van der Waals surface area contributed by atoms with Gasteiger partial charge in [0.2, 0.25) is 0 Å². The lowest BCUT2D eigenvalue weighted by molar-refractivity contribution is -0.0854. The van der Waals surface area contributed by atoms with E-state index in [0.29, 0.717) is 17.6 Å². The molecule has 3 unspecified atom stereocenters. The highest BCUT2D eigenvalue weighted by atomic mass is 16.5. The van der Waals surface area contributed by atoms with Crippen LogP contribution in [0.4, 0.5) is 0 Å². The first-order valence-electron chi connectivity index (χ1n) is 8.29. The lowest BCUT2D eigenvalue weighted by Crippen LogP contribution is -2.55. The monoisotopic (exact) mass is 284 g/mol. The molecule has 4 heteroatoms. The zero-order valence-corrected chi connectivity index (χ0v) is 13.5. The molecular weight excluding hydrogens is 252 g/mol. The molecule has 2 aliphatic heterocycles. The van der Waals surface area contributed by atoms with Crippen LogP contribution >= 0.6 is 0 Å². The SMILES string of the molecule is CCCNCC1(CN2CC(C)OCC2C)CCCOC1. The summed E-state index contributed by atoms with van der Waals surface area (Å²) in [6.45, 7) is 13.8. The Bertz CT molecular complexity index is 280. The Labute approximate surface area is 124 Å². The Balaban J connectivity index is 1.95. The largest absolute Gasteiger partial charge is 0.381 e. The van der Waals surface area contributed by atoms with Crippen molar-refractivity contribution in [3.8, 4) is 0 Å². The van der Waals surface area contributed by atoms with Gasteiger partial charge in [0, 0.05) is 37.7 Å². The van der Waals surface area contributed by atoms with Gasteiger partial charge in [-0.05, 0) is 39.7 Å². The Morgan fingerprint density at radius 1 is 1.35 bits per heavy atom. The molecule has 2 saturated heterocycles. The van der Waals surface area contributed by atoms with Crippen LogP contribution in [0.2, 0.25) is 0 Å². The first-order valence-corrected chi connectivity index (χ1v) is 8.29. The molecule has 118 valence electrons. The van der Waals surface area contributed by atoms with E-state index in [1.165, 1.54) is 19.3 Å². The standard InChI is InChI=1S/C16H32N2O2/c1-4-7-17-11-16(6-5-8-19-13-16)12-18-9-15(3)20-10-14(18)2/h14-15,17H,4-13H2,1-3H3. The molecule has 0 saturated carbocycles.